The van der Waals surface area contributed by atoms with E-state index in [4.69, 9.17) is 0 Å². The van der Waals surface area contributed by atoms with E-state index in [1.54, 1.807) is 0 Å². The molecular formula is C16H25NO. The van der Waals surface area contributed by atoms with Gasteiger partial charge in [0, 0.05) is 19.2 Å². The lowest BCUT2D eigenvalue weighted by Crippen LogP contribution is -2.22. The summed E-state index contributed by atoms with van der Waals surface area (Å²) >= 11 is 0. The first kappa shape index (κ1) is 13.4. The van der Waals surface area contributed by atoms with Crippen LogP contribution in [0.5, 0.6) is 0 Å². The van der Waals surface area contributed by atoms with E-state index < -0.39 is 0 Å². The number of carbonyl (C=O) groups excluding carboxylic acids is 1. The van der Waals surface area contributed by atoms with E-state index >= 15 is 0 Å². The van der Waals surface area contributed by atoms with E-state index in [1.807, 2.05) is 11.1 Å². The maximum absolute atomic E-state index is 11.5. The molecule has 18 heavy (non-hydrogen) atoms. The molecule has 0 radical (unpaired) electrons. The van der Waals surface area contributed by atoms with Crippen LogP contribution in [0.2, 0.25) is 0 Å². The van der Waals surface area contributed by atoms with Gasteiger partial charge in [0.25, 0.3) is 0 Å². The fourth-order valence-electron chi connectivity index (χ4n) is 2.80. The van der Waals surface area contributed by atoms with Crippen LogP contribution in [-0.4, -0.2) is 17.4 Å². The molecule has 1 aliphatic heterocycles. The number of rotatable bonds is 2. The van der Waals surface area contributed by atoms with Crippen LogP contribution in [0.3, 0.4) is 0 Å². The third-order valence-corrected chi connectivity index (χ3v) is 4.25. The smallest absolute Gasteiger partial charge is 0.226 e. The number of hydrogen-bond acceptors (Lipinski definition) is 1. The molecule has 0 N–H and O–H groups in total. The Hall–Kier alpha value is -1.05. The van der Waals surface area contributed by atoms with Gasteiger partial charge >= 0.3 is 0 Å². The topological polar surface area (TPSA) is 20.3 Å². The highest BCUT2D eigenvalue weighted by Gasteiger charge is 2.25. The standard InChI is InChI=1S/C16H25NO/c1-16(2,3)14-8-6-13(7-9-14)10-12-17-11-4-5-15(17)18/h6,10,12,14H,4-5,7-9,11H2,1-3H3/b12-10+. The van der Waals surface area contributed by atoms with E-state index in [0.29, 0.717) is 5.41 Å². The van der Waals surface area contributed by atoms with Gasteiger partial charge in [-0.25, -0.2) is 0 Å². The molecule has 1 aliphatic carbocycles. The second-order valence-electron chi connectivity index (χ2n) is 6.62. The van der Waals surface area contributed by atoms with Gasteiger partial charge in [-0.1, -0.05) is 32.4 Å². The Morgan fingerprint density at radius 2 is 2.11 bits per heavy atom. The summed E-state index contributed by atoms with van der Waals surface area (Å²) in [4.78, 5) is 13.3. The Kier molecular flexibility index (Phi) is 3.94. The Morgan fingerprint density at radius 1 is 1.33 bits per heavy atom. The van der Waals surface area contributed by atoms with Gasteiger partial charge in [-0.15, -0.1) is 0 Å². The van der Waals surface area contributed by atoms with Gasteiger partial charge in [0.2, 0.25) is 5.91 Å². The SMILES string of the molecule is CC(C)(C)C1CC=C(/C=C/N2CCCC2=O)CC1. The Labute approximate surface area is 111 Å². The molecule has 100 valence electrons. The van der Waals surface area contributed by atoms with Crippen molar-refractivity contribution in [1.82, 2.24) is 4.90 Å². The minimum absolute atomic E-state index is 0.273. The number of nitrogens with zero attached hydrogens (tertiary/aromatic N) is 1. The summed E-state index contributed by atoms with van der Waals surface area (Å²) in [7, 11) is 0. The molecule has 0 spiro atoms. The third-order valence-electron chi connectivity index (χ3n) is 4.25. The van der Waals surface area contributed by atoms with Gasteiger partial charge in [-0.05, 0) is 43.1 Å². The first-order valence-electron chi connectivity index (χ1n) is 7.13. The Bertz CT molecular complexity index is 373. The molecule has 2 rings (SSSR count). The summed E-state index contributed by atoms with van der Waals surface area (Å²) in [6.45, 7) is 7.88. The van der Waals surface area contributed by atoms with Gasteiger partial charge in [0.1, 0.15) is 0 Å². The zero-order valence-corrected chi connectivity index (χ0v) is 11.9. The van der Waals surface area contributed by atoms with E-state index in [0.717, 1.165) is 31.7 Å². The molecule has 0 aromatic rings. The first-order valence-corrected chi connectivity index (χ1v) is 7.13. The fourth-order valence-corrected chi connectivity index (χ4v) is 2.80. The van der Waals surface area contributed by atoms with Crippen LogP contribution < -0.4 is 0 Å². The van der Waals surface area contributed by atoms with Crippen molar-refractivity contribution in [1.29, 1.82) is 0 Å². The minimum Gasteiger partial charge on any atom is -0.319 e. The van der Waals surface area contributed by atoms with Gasteiger partial charge in [0.15, 0.2) is 0 Å². The van der Waals surface area contributed by atoms with Crippen LogP contribution in [0.1, 0.15) is 52.9 Å². The van der Waals surface area contributed by atoms with E-state index in [1.165, 1.54) is 18.4 Å². The van der Waals surface area contributed by atoms with Crippen molar-refractivity contribution >= 4 is 5.91 Å². The summed E-state index contributed by atoms with van der Waals surface area (Å²) in [5.74, 6) is 1.07. The van der Waals surface area contributed by atoms with Gasteiger partial charge < -0.3 is 4.90 Å². The van der Waals surface area contributed by atoms with Crippen molar-refractivity contribution in [3.05, 3.63) is 23.9 Å². The first-order chi connectivity index (χ1) is 8.47. The predicted molar refractivity (Wildman–Crippen MR) is 75.0 cm³/mol. The highest BCUT2D eigenvalue weighted by atomic mass is 16.2. The average Bonchev–Trinajstić information content (AvgIpc) is 2.72. The molecule has 2 nitrogen and oxygen atoms in total. The van der Waals surface area contributed by atoms with Gasteiger partial charge in [-0.2, -0.15) is 0 Å². The molecule has 0 bridgehead atoms. The molecule has 0 aromatic heterocycles. The molecule has 1 amide bonds. The Morgan fingerprint density at radius 3 is 2.61 bits per heavy atom. The molecule has 1 saturated heterocycles. The molecule has 0 aromatic carbocycles. The third kappa shape index (κ3) is 3.24. The van der Waals surface area contributed by atoms with Crippen LogP contribution in [-0.2, 0) is 4.79 Å². The Balaban J connectivity index is 1.90. The minimum atomic E-state index is 0.273. The predicted octanol–water partition coefficient (Wildman–Crippen LogP) is 3.90. The molecule has 1 atom stereocenters. The molecule has 1 fully saturated rings. The van der Waals surface area contributed by atoms with Crippen molar-refractivity contribution in [3.63, 3.8) is 0 Å². The summed E-state index contributed by atoms with van der Waals surface area (Å²) in [5, 5.41) is 0. The maximum atomic E-state index is 11.5. The van der Waals surface area contributed by atoms with Crippen LogP contribution >= 0.6 is 0 Å². The normalized spacial score (nSPS) is 25.9. The van der Waals surface area contributed by atoms with Crippen molar-refractivity contribution in [2.45, 2.75) is 52.9 Å². The van der Waals surface area contributed by atoms with Crippen molar-refractivity contribution in [2.75, 3.05) is 6.54 Å². The monoisotopic (exact) mass is 247 g/mol. The van der Waals surface area contributed by atoms with Crippen molar-refractivity contribution in [3.8, 4) is 0 Å². The quantitative estimate of drug-likeness (QED) is 0.725. The molecule has 1 heterocycles. The summed E-state index contributed by atoms with van der Waals surface area (Å²) in [6.07, 6.45) is 11.8. The van der Waals surface area contributed by atoms with Gasteiger partial charge in [0.05, 0.1) is 0 Å². The molecule has 1 unspecified atom stereocenters. The number of amides is 1. The largest absolute Gasteiger partial charge is 0.319 e. The highest BCUT2D eigenvalue weighted by Crippen LogP contribution is 2.37. The summed E-state index contributed by atoms with van der Waals surface area (Å²) in [5.41, 5.74) is 1.81. The van der Waals surface area contributed by atoms with Crippen LogP contribution in [0, 0.1) is 11.3 Å². The molecule has 0 saturated carbocycles. The summed E-state index contributed by atoms with van der Waals surface area (Å²) < 4.78 is 0. The zero-order chi connectivity index (χ0) is 13.2. The maximum Gasteiger partial charge on any atom is 0.226 e. The summed E-state index contributed by atoms with van der Waals surface area (Å²) in [6, 6.07) is 0. The van der Waals surface area contributed by atoms with E-state index in [2.05, 4.69) is 32.9 Å². The van der Waals surface area contributed by atoms with E-state index in [-0.39, 0.29) is 5.91 Å². The second kappa shape index (κ2) is 5.29. The number of hydrogen-bond donors (Lipinski definition) is 0. The van der Waals surface area contributed by atoms with Crippen molar-refractivity contribution < 1.29 is 4.79 Å². The van der Waals surface area contributed by atoms with E-state index in [9.17, 15) is 4.79 Å². The second-order valence-corrected chi connectivity index (χ2v) is 6.62. The number of carbonyl (C=O) groups is 1. The molecule has 2 heteroatoms. The lowest BCUT2D eigenvalue weighted by atomic mass is 9.73. The number of allylic oxidation sites excluding steroid dienone is 3. The zero-order valence-electron chi connectivity index (χ0n) is 11.9. The lowest BCUT2D eigenvalue weighted by Gasteiger charge is -2.32. The van der Waals surface area contributed by atoms with Crippen LogP contribution in [0.15, 0.2) is 23.9 Å². The molecular weight excluding hydrogens is 222 g/mol. The van der Waals surface area contributed by atoms with Crippen molar-refractivity contribution in [2.24, 2.45) is 11.3 Å². The average molecular weight is 247 g/mol. The molecule has 2 aliphatic rings. The van der Waals surface area contributed by atoms with Gasteiger partial charge in [-0.3, -0.25) is 4.79 Å². The van der Waals surface area contributed by atoms with Crippen LogP contribution in [0.4, 0.5) is 0 Å². The fraction of sp³-hybridized carbons (Fsp3) is 0.688. The lowest BCUT2D eigenvalue weighted by molar-refractivity contribution is -0.125. The highest BCUT2D eigenvalue weighted by molar-refractivity contribution is 5.79. The van der Waals surface area contributed by atoms with Crippen LogP contribution in [0.25, 0.3) is 0 Å². The number of likely N-dealkylation sites (tertiary alicyclic amines) is 1.